The maximum Gasteiger partial charge on any atom is 0.460 e. The minimum atomic E-state index is -8.14. The largest absolute Gasteiger partial charge is 0.460 e. The topological polar surface area (TPSA) is 134 Å². The molecule has 0 aromatic heterocycles. The number of esters is 1. The average Bonchev–Trinajstić information content (AvgIpc) is 3.42. The lowest BCUT2D eigenvalue weighted by Crippen LogP contribution is -2.70. The first-order chi connectivity index (χ1) is 20.7. The molecule has 266 valence electrons. The average molecular weight is 702 g/mol. The van der Waals surface area contributed by atoms with E-state index in [0.717, 1.165) is 0 Å². The van der Waals surface area contributed by atoms with Gasteiger partial charge in [-0.15, -0.1) is 0 Å². The van der Waals surface area contributed by atoms with Crippen molar-refractivity contribution in [1.82, 2.24) is 20.9 Å². The maximum absolute atomic E-state index is 14.6. The molecule has 23 heteroatoms. The second kappa shape index (κ2) is 14.5. The molecule has 1 saturated heterocycles. The molecule has 4 amide bonds. The number of amides is 4. The SMILES string of the molecule is CNC(=O)CCNC(=O)COC(=O)[C@@H]1CCCN1C(=O)C(CNC(C)=O)CC(F)(F)C(F)(F)C(F)(F)C(F)(F)C(F)(F)C(F)(F)F. The minimum Gasteiger partial charge on any atom is -0.454 e. The molecule has 1 rings (SSSR count). The number of hydrogen-bond acceptors (Lipinski definition) is 6. The van der Waals surface area contributed by atoms with Crippen LogP contribution in [0.1, 0.15) is 32.6 Å². The number of nitrogens with zero attached hydrogens (tertiary/aromatic N) is 1. The van der Waals surface area contributed by atoms with Crippen LogP contribution >= 0.6 is 0 Å². The number of likely N-dealkylation sites (tertiary alicyclic amines) is 1. The van der Waals surface area contributed by atoms with E-state index in [1.807, 2.05) is 0 Å². The number of nitrogens with one attached hydrogen (secondary N) is 3. The smallest absolute Gasteiger partial charge is 0.454 e. The van der Waals surface area contributed by atoms with Gasteiger partial charge in [-0.1, -0.05) is 0 Å². The highest BCUT2D eigenvalue weighted by Crippen LogP contribution is 2.61. The molecular weight excluding hydrogens is 675 g/mol. The number of hydrogen-bond donors (Lipinski definition) is 3. The fraction of sp³-hybridized carbons (Fsp3) is 0.783. The molecule has 1 heterocycles. The van der Waals surface area contributed by atoms with Crippen LogP contribution in [0.2, 0.25) is 0 Å². The van der Waals surface area contributed by atoms with Crippen molar-refractivity contribution in [2.45, 2.75) is 74.4 Å². The monoisotopic (exact) mass is 702 g/mol. The molecule has 3 N–H and O–H groups in total. The third-order valence-electron chi connectivity index (χ3n) is 6.55. The normalized spacial score (nSPS) is 17.3. The third kappa shape index (κ3) is 8.42. The fourth-order valence-corrected chi connectivity index (χ4v) is 3.99. The summed E-state index contributed by atoms with van der Waals surface area (Å²) in [5.41, 5.74) is 0. The summed E-state index contributed by atoms with van der Waals surface area (Å²) in [5, 5.41) is 6.11. The van der Waals surface area contributed by atoms with Crippen molar-refractivity contribution < 1.29 is 85.8 Å². The lowest BCUT2D eigenvalue weighted by Gasteiger charge is -2.40. The second-order valence-corrected chi connectivity index (χ2v) is 9.91. The van der Waals surface area contributed by atoms with Crippen molar-refractivity contribution in [3.8, 4) is 0 Å². The first kappa shape index (κ1) is 40.5. The minimum absolute atomic E-state index is 0.111. The van der Waals surface area contributed by atoms with Crippen LogP contribution in [0.25, 0.3) is 0 Å². The molecule has 1 fully saturated rings. The molecule has 1 aliphatic rings. The third-order valence-corrected chi connectivity index (χ3v) is 6.55. The van der Waals surface area contributed by atoms with Crippen molar-refractivity contribution in [1.29, 1.82) is 0 Å². The molecule has 0 saturated carbocycles. The number of halogens is 13. The van der Waals surface area contributed by atoms with Crippen molar-refractivity contribution in [3.63, 3.8) is 0 Å². The van der Waals surface area contributed by atoms with E-state index in [9.17, 15) is 81.0 Å². The van der Waals surface area contributed by atoms with Gasteiger partial charge in [-0.3, -0.25) is 19.2 Å². The van der Waals surface area contributed by atoms with Crippen LogP contribution in [0.4, 0.5) is 57.1 Å². The first-order valence-electron chi connectivity index (χ1n) is 12.8. The number of carbonyl (C=O) groups excluding carboxylic acids is 5. The summed E-state index contributed by atoms with van der Waals surface area (Å²) in [6.07, 6.45) is -11.1. The zero-order chi connectivity index (χ0) is 36.1. The van der Waals surface area contributed by atoms with Gasteiger partial charge in [0.1, 0.15) is 6.04 Å². The molecule has 0 aromatic carbocycles. The number of alkyl halides is 13. The van der Waals surface area contributed by atoms with Crippen LogP contribution in [-0.2, 0) is 28.7 Å². The zero-order valence-corrected chi connectivity index (χ0v) is 23.6. The molecule has 2 atom stereocenters. The molecule has 0 aromatic rings. The van der Waals surface area contributed by atoms with Crippen molar-refractivity contribution in [2.75, 3.05) is 33.3 Å². The highest BCUT2D eigenvalue weighted by atomic mass is 19.4. The molecule has 0 radical (unpaired) electrons. The Bertz CT molecular complexity index is 1150. The molecule has 46 heavy (non-hydrogen) atoms. The highest BCUT2D eigenvalue weighted by Gasteiger charge is 2.90. The Morgan fingerprint density at radius 3 is 1.85 bits per heavy atom. The Morgan fingerprint density at radius 1 is 0.804 bits per heavy atom. The fourth-order valence-electron chi connectivity index (χ4n) is 3.99. The first-order valence-corrected chi connectivity index (χ1v) is 12.8. The predicted octanol–water partition coefficient (Wildman–Crippen LogP) is 2.65. The summed E-state index contributed by atoms with van der Waals surface area (Å²) < 4.78 is 181. The highest BCUT2D eigenvalue weighted by molar-refractivity contribution is 5.88. The molecular formula is C23H27F13N4O6. The maximum atomic E-state index is 14.6. The van der Waals surface area contributed by atoms with Crippen LogP contribution in [0.15, 0.2) is 0 Å². The van der Waals surface area contributed by atoms with Crippen molar-refractivity contribution in [2.24, 2.45) is 5.92 Å². The van der Waals surface area contributed by atoms with Crippen molar-refractivity contribution in [3.05, 3.63) is 0 Å². The summed E-state index contributed by atoms with van der Waals surface area (Å²) in [6.45, 7) is -2.45. The summed E-state index contributed by atoms with van der Waals surface area (Å²) in [4.78, 5) is 60.2. The van der Waals surface area contributed by atoms with E-state index in [0.29, 0.717) is 11.8 Å². The standard InChI is InChI=1S/C23H27F13N4O6/c1-11(41)39-9-12(8-18(24,25)19(26,27)20(28,29)21(30,31)22(32,33)23(34,35)36)16(44)40-7-3-4-13(40)17(45)46-10-15(43)38-6-5-14(42)37-2/h12-13H,3-10H2,1-2H3,(H,37,42)(H,38,43)(H,39,41)/t12?,13-/m0/s1. The van der Waals surface area contributed by atoms with E-state index >= 15 is 0 Å². The van der Waals surface area contributed by atoms with Gasteiger partial charge < -0.3 is 25.6 Å². The Balaban J connectivity index is 3.25. The summed E-state index contributed by atoms with van der Waals surface area (Å²) in [6, 6.07) is -1.73. The van der Waals surface area contributed by atoms with Gasteiger partial charge >= 0.3 is 41.8 Å². The number of carbonyl (C=O) groups is 5. The summed E-state index contributed by atoms with van der Waals surface area (Å²) in [5.74, 6) is -46.9. The second-order valence-electron chi connectivity index (χ2n) is 9.91. The van der Waals surface area contributed by atoms with E-state index in [1.54, 1.807) is 5.32 Å². The van der Waals surface area contributed by atoms with Gasteiger partial charge in [0.05, 0.1) is 5.92 Å². The van der Waals surface area contributed by atoms with Gasteiger partial charge in [0.25, 0.3) is 5.91 Å². The molecule has 10 nitrogen and oxygen atoms in total. The quantitative estimate of drug-likeness (QED) is 0.178. The van der Waals surface area contributed by atoms with Gasteiger partial charge in [-0.2, -0.15) is 57.1 Å². The molecule has 0 bridgehead atoms. The van der Waals surface area contributed by atoms with E-state index < -0.39 is 103 Å². The summed E-state index contributed by atoms with van der Waals surface area (Å²) in [7, 11) is 1.31. The molecule has 0 aliphatic carbocycles. The van der Waals surface area contributed by atoms with E-state index in [1.165, 1.54) is 7.05 Å². The molecule has 1 aliphatic heterocycles. The Morgan fingerprint density at radius 2 is 1.35 bits per heavy atom. The molecule has 1 unspecified atom stereocenters. The van der Waals surface area contributed by atoms with Crippen LogP contribution in [0.3, 0.4) is 0 Å². The van der Waals surface area contributed by atoms with E-state index in [4.69, 9.17) is 4.74 Å². The van der Waals surface area contributed by atoms with Crippen molar-refractivity contribution >= 4 is 29.6 Å². The van der Waals surface area contributed by atoms with Gasteiger partial charge in [0.15, 0.2) is 6.61 Å². The van der Waals surface area contributed by atoms with Crippen LogP contribution in [-0.4, -0.2) is 110 Å². The Kier molecular flexibility index (Phi) is 12.7. The molecule has 0 spiro atoms. The Labute approximate surface area is 250 Å². The van der Waals surface area contributed by atoms with Crippen LogP contribution in [0, 0.1) is 5.92 Å². The van der Waals surface area contributed by atoms with Gasteiger partial charge in [0.2, 0.25) is 17.7 Å². The van der Waals surface area contributed by atoms with E-state index in [2.05, 4.69) is 10.6 Å². The predicted molar refractivity (Wildman–Crippen MR) is 125 cm³/mol. The van der Waals surface area contributed by atoms with E-state index in [-0.39, 0.29) is 25.8 Å². The van der Waals surface area contributed by atoms with Crippen LogP contribution in [0.5, 0.6) is 0 Å². The summed E-state index contributed by atoms with van der Waals surface area (Å²) >= 11 is 0. The number of ether oxygens (including phenoxy) is 1. The number of rotatable bonds is 15. The van der Waals surface area contributed by atoms with Gasteiger partial charge in [-0.25, -0.2) is 4.79 Å². The zero-order valence-electron chi connectivity index (χ0n) is 23.6. The lowest BCUT2D eigenvalue weighted by molar-refractivity contribution is -0.440. The van der Waals surface area contributed by atoms with Gasteiger partial charge in [-0.05, 0) is 12.8 Å². The van der Waals surface area contributed by atoms with Crippen LogP contribution < -0.4 is 16.0 Å². The van der Waals surface area contributed by atoms with Gasteiger partial charge in [0, 0.05) is 46.4 Å². The lowest BCUT2D eigenvalue weighted by atomic mass is 9.88. The Hall–Kier alpha value is -3.56.